The van der Waals surface area contributed by atoms with Crippen molar-refractivity contribution in [3.8, 4) is 0 Å². The van der Waals surface area contributed by atoms with Gasteiger partial charge < -0.3 is 66.8 Å². The minimum absolute atomic E-state index is 0.00916. The molecule has 23 nitrogen and oxygen atoms in total. The number of nitrogens with zero attached hydrogens (tertiary/aromatic N) is 6. The quantitative estimate of drug-likeness (QED) is 0.0480. The van der Waals surface area contributed by atoms with Crippen LogP contribution in [0.4, 0.5) is 15.4 Å². The molecule has 0 aromatic carbocycles. The minimum Gasteiger partial charge on any atom is -0.481 e. The molecular weight excluding hydrogens is 1110 g/mol. The average Bonchev–Trinajstić information content (AvgIpc) is 4.29. The van der Waals surface area contributed by atoms with Crippen LogP contribution in [-0.2, 0) is 81.7 Å². The van der Waals surface area contributed by atoms with Crippen molar-refractivity contribution < 1.29 is 53.4 Å². The first-order valence-electron chi connectivity index (χ1n) is 28.4. The van der Waals surface area contributed by atoms with Crippen LogP contribution in [0.2, 0.25) is 0 Å². The van der Waals surface area contributed by atoms with Gasteiger partial charge in [0.1, 0.15) is 29.7 Å². The van der Waals surface area contributed by atoms with Crippen molar-refractivity contribution in [2.75, 3.05) is 57.1 Å². The maximum atomic E-state index is 12.6. The number of likely N-dealkylation sites (N-methyl/N-ethyl adjacent to an activating group) is 3. The number of amides is 5. The summed E-state index contributed by atoms with van der Waals surface area (Å²) >= 11 is 4.65. The van der Waals surface area contributed by atoms with Gasteiger partial charge in [0, 0.05) is 72.8 Å². The summed E-state index contributed by atoms with van der Waals surface area (Å²) in [4.78, 5) is 126. The van der Waals surface area contributed by atoms with E-state index < -0.39 is 41.9 Å². The lowest BCUT2D eigenvalue weighted by Crippen LogP contribution is -2.43. The molecule has 0 bridgehead atoms. The topological polar surface area (TPSA) is 329 Å². The summed E-state index contributed by atoms with van der Waals surface area (Å²) in [7, 11) is 6.53. The Labute approximate surface area is 495 Å². The first kappa shape index (κ1) is 70.5. The van der Waals surface area contributed by atoms with Crippen molar-refractivity contribution in [2.24, 2.45) is 0 Å². The number of aromatic nitrogens is 3. The molecule has 0 unspecified atom stereocenters. The molecule has 5 amide bonds. The van der Waals surface area contributed by atoms with E-state index in [1.54, 1.807) is 11.3 Å². The molecule has 6 atom stereocenters. The van der Waals surface area contributed by atoms with Crippen molar-refractivity contribution >= 4 is 102 Å². The molecular formula is C56H90N12O11S3. The van der Waals surface area contributed by atoms with E-state index in [1.807, 2.05) is 0 Å². The Bertz CT molecular complexity index is 2490. The van der Waals surface area contributed by atoms with Gasteiger partial charge in [0.05, 0.1) is 17.1 Å². The fraction of sp³-hybridized carbons (Fsp3) is 0.679. The number of hydrogen-bond donors (Lipinski definition) is 8. The van der Waals surface area contributed by atoms with Gasteiger partial charge in [0.2, 0.25) is 29.5 Å². The van der Waals surface area contributed by atoms with E-state index in [0.717, 1.165) is 93.8 Å². The molecule has 0 aliphatic heterocycles. The number of carboxylic acid groups (broad SMARTS) is 2. The van der Waals surface area contributed by atoms with Gasteiger partial charge in [-0.05, 0) is 151 Å². The van der Waals surface area contributed by atoms with Crippen molar-refractivity contribution in [3.05, 3.63) is 31.7 Å². The van der Waals surface area contributed by atoms with E-state index in [-0.39, 0.29) is 67.8 Å². The molecule has 458 valence electrons. The van der Waals surface area contributed by atoms with E-state index in [4.69, 9.17) is 15.9 Å². The molecule has 0 saturated heterocycles. The van der Waals surface area contributed by atoms with Crippen molar-refractivity contribution in [1.82, 2.24) is 45.6 Å². The summed E-state index contributed by atoms with van der Waals surface area (Å²) in [6.45, 7) is 16.7. The number of thiazole rings is 3. The monoisotopic (exact) mass is 1200 g/mol. The molecule has 3 aliphatic carbocycles. The standard InChI is InChI=1S/C19H30N4O3S.C18H28N4O4S.C11H19N3S.C8H13NO4/c1-5-10-23(4)14-7-9-15-17(11-14)27-19(21-15)22-18(26)16(20-13(3)25)8-6-12(2)24;1-4-9-22(3)12-5-6-13-15(10-12)27-18(20-13)21-17(26)14(19-11(2)23)7-8-16(24)25;1-3-6-14(2)8-4-5-9-10(7-8)15-11(12)13-9;1-5(10)3-4-7(8(12)13)9-6(2)11/h14,16H,5-11H2,1-4H3,(H,20,25)(H,21,22,26);12,14H,4-10H2,1-3H3,(H,19,23)(H,24,25)(H,20,21,26);8H,3-7H2,1-2H3,(H2,12,13);7H,3-4H2,1-2H3,(H,9,11)(H,12,13)/t14-,16-;12-,14-;8-;7-/m0000/s1. The predicted octanol–water partition coefficient (Wildman–Crippen LogP) is 5.67. The molecule has 3 aromatic rings. The largest absolute Gasteiger partial charge is 0.481 e. The highest BCUT2D eigenvalue weighted by Gasteiger charge is 2.30. The number of nitrogens with one attached hydrogen (secondary N) is 5. The number of nitrogens with two attached hydrogens (primary N) is 1. The molecule has 3 heterocycles. The Hall–Kier alpha value is -5.80. The van der Waals surface area contributed by atoms with Crippen LogP contribution in [0.5, 0.6) is 0 Å². The van der Waals surface area contributed by atoms with E-state index in [9.17, 15) is 43.2 Å². The number of nitrogen functional groups attached to an aromatic ring is 1. The van der Waals surface area contributed by atoms with Crippen LogP contribution in [0.15, 0.2) is 0 Å². The third-order valence-corrected chi connectivity index (χ3v) is 17.1. The van der Waals surface area contributed by atoms with E-state index in [2.05, 4.69) is 98.1 Å². The fourth-order valence-corrected chi connectivity index (χ4v) is 12.9. The first-order valence-corrected chi connectivity index (χ1v) is 30.9. The Morgan fingerprint density at radius 3 is 1.18 bits per heavy atom. The Morgan fingerprint density at radius 1 is 0.524 bits per heavy atom. The maximum Gasteiger partial charge on any atom is 0.326 e. The molecule has 0 fully saturated rings. The molecule has 9 N–H and O–H groups in total. The van der Waals surface area contributed by atoms with Crippen molar-refractivity contribution in [3.63, 3.8) is 0 Å². The second-order valence-corrected chi connectivity index (χ2v) is 24.6. The zero-order valence-electron chi connectivity index (χ0n) is 49.9. The number of aryl methyl sites for hydroxylation is 3. The van der Waals surface area contributed by atoms with Crippen LogP contribution in [0, 0.1) is 0 Å². The van der Waals surface area contributed by atoms with Crippen LogP contribution in [0.25, 0.3) is 0 Å². The smallest absolute Gasteiger partial charge is 0.326 e. The van der Waals surface area contributed by atoms with Gasteiger partial charge in [-0.2, -0.15) is 0 Å². The van der Waals surface area contributed by atoms with Crippen LogP contribution >= 0.6 is 34.0 Å². The molecule has 6 rings (SSSR count). The maximum absolute atomic E-state index is 12.6. The zero-order valence-corrected chi connectivity index (χ0v) is 52.3. The molecule has 3 aliphatic rings. The number of carboxylic acids is 2. The third kappa shape index (κ3) is 25.4. The summed E-state index contributed by atoms with van der Waals surface area (Å²) in [6, 6.07) is -0.870. The highest BCUT2D eigenvalue weighted by molar-refractivity contribution is 7.16. The summed E-state index contributed by atoms with van der Waals surface area (Å²) in [6.07, 6.45) is 13.4. The molecule has 26 heteroatoms. The number of anilines is 3. The normalized spacial score (nSPS) is 17.0. The Balaban J connectivity index is 0.000000300. The molecule has 0 radical (unpaired) electrons. The van der Waals surface area contributed by atoms with E-state index in [0.29, 0.717) is 28.4 Å². The Kier molecular flexibility index (Phi) is 31.0. The summed E-state index contributed by atoms with van der Waals surface area (Å²) in [5, 5.41) is 32.2. The lowest BCUT2D eigenvalue weighted by atomic mass is 9.96. The molecule has 0 spiro atoms. The average molecular weight is 1200 g/mol. The minimum atomic E-state index is -1.11. The summed E-state index contributed by atoms with van der Waals surface area (Å²) in [5.74, 6) is -4.05. The van der Waals surface area contributed by atoms with Crippen LogP contribution in [0.3, 0.4) is 0 Å². The van der Waals surface area contributed by atoms with Crippen LogP contribution in [-0.4, -0.2) is 170 Å². The van der Waals surface area contributed by atoms with Crippen LogP contribution < -0.4 is 32.3 Å². The van der Waals surface area contributed by atoms with Gasteiger partial charge in [0.25, 0.3) is 0 Å². The molecule has 0 saturated carbocycles. The van der Waals surface area contributed by atoms with Gasteiger partial charge in [-0.3, -0.25) is 28.8 Å². The number of hydrogen-bond acceptors (Lipinski definition) is 19. The van der Waals surface area contributed by atoms with E-state index >= 15 is 0 Å². The Morgan fingerprint density at radius 2 is 0.854 bits per heavy atom. The second-order valence-electron chi connectivity index (χ2n) is 21.3. The number of carbonyl (C=O) groups is 9. The highest BCUT2D eigenvalue weighted by atomic mass is 32.1. The van der Waals surface area contributed by atoms with Gasteiger partial charge in [0.15, 0.2) is 15.4 Å². The number of Topliss-reactive ketones (excluding diaryl/α,β-unsaturated/α-hetero) is 2. The summed E-state index contributed by atoms with van der Waals surface area (Å²) in [5.41, 5.74) is 9.07. The molecule has 3 aromatic heterocycles. The SMILES string of the molecule is CC(=O)CC[C@H](NC(C)=O)C(=O)O.CCCN(C)[C@H]1CCc2nc(N)sc2C1.CCCN(C)[C@H]1CCc2nc(NC(=O)[C@H](CCC(=O)O)NC(C)=O)sc2C1.CCCN(C)[C@H]1CCc2nc(NC(=O)[C@H](CCC(C)=O)NC(C)=O)sc2C1. The number of rotatable bonds is 26. The second kappa shape index (κ2) is 36.0. The van der Waals surface area contributed by atoms with Crippen molar-refractivity contribution in [2.45, 2.75) is 207 Å². The fourth-order valence-electron chi connectivity index (χ4n) is 9.81. The highest BCUT2D eigenvalue weighted by Crippen LogP contribution is 2.34. The predicted molar refractivity (Wildman–Crippen MR) is 321 cm³/mol. The van der Waals surface area contributed by atoms with Crippen LogP contribution in [0.1, 0.15) is 164 Å². The zero-order chi connectivity index (χ0) is 61.2. The summed E-state index contributed by atoms with van der Waals surface area (Å²) < 4.78 is 0. The number of carbonyl (C=O) groups excluding carboxylic acids is 7. The first-order chi connectivity index (χ1) is 38.7. The molecule has 82 heavy (non-hydrogen) atoms. The van der Waals surface area contributed by atoms with Gasteiger partial charge >= 0.3 is 11.9 Å². The lowest BCUT2D eigenvalue weighted by Gasteiger charge is -2.30. The number of ketones is 2. The van der Waals surface area contributed by atoms with Crippen molar-refractivity contribution in [1.29, 1.82) is 0 Å². The number of fused-ring (bicyclic) bond motifs is 3. The lowest BCUT2D eigenvalue weighted by molar-refractivity contribution is -0.142. The number of aliphatic carboxylic acids is 2. The van der Waals surface area contributed by atoms with Gasteiger partial charge in [-0.25, -0.2) is 19.7 Å². The van der Waals surface area contributed by atoms with Gasteiger partial charge in [-0.15, -0.1) is 34.0 Å². The van der Waals surface area contributed by atoms with Gasteiger partial charge in [-0.1, -0.05) is 20.8 Å². The third-order valence-electron chi connectivity index (χ3n) is 14.1. The van der Waals surface area contributed by atoms with E-state index in [1.165, 1.54) is 97.0 Å².